The van der Waals surface area contributed by atoms with E-state index in [-0.39, 0.29) is 11.6 Å². The van der Waals surface area contributed by atoms with E-state index in [1.54, 1.807) is 17.7 Å². The highest BCUT2D eigenvalue weighted by Gasteiger charge is 2.25. The van der Waals surface area contributed by atoms with Crippen LogP contribution in [0.25, 0.3) is 11.0 Å². The van der Waals surface area contributed by atoms with E-state index in [1.165, 1.54) is 0 Å². The summed E-state index contributed by atoms with van der Waals surface area (Å²) in [6.45, 7) is 3.79. The lowest BCUT2D eigenvalue weighted by Gasteiger charge is -2.29. The Kier molecular flexibility index (Phi) is 3.67. The van der Waals surface area contributed by atoms with Crippen molar-refractivity contribution >= 4 is 28.4 Å². The number of hydrogen-bond donors (Lipinski definition) is 2. The van der Waals surface area contributed by atoms with Gasteiger partial charge in [0, 0.05) is 23.5 Å². The molecule has 6 heteroatoms. The summed E-state index contributed by atoms with van der Waals surface area (Å²) in [5.41, 5.74) is 9.82. The van der Waals surface area contributed by atoms with Gasteiger partial charge in [0.1, 0.15) is 0 Å². The molecule has 0 unspecified atom stereocenters. The van der Waals surface area contributed by atoms with Crippen LogP contribution in [0.5, 0.6) is 0 Å². The summed E-state index contributed by atoms with van der Waals surface area (Å²) < 4.78 is 1.80. The highest BCUT2D eigenvalue weighted by Crippen LogP contribution is 2.34. The largest absolute Gasteiger partial charge is 0.398 e. The summed E-state index contributed by atoms with van der Waals surface area (Å²) in [5.74, 6) is 0.470. The quantitative estimate of drug-likeness (QED) is 0.765. The van der Waals surface area contributed by atoms with Crippen LogP contribution in [0, 0.1) is 13.8 Å². The Labute approximate surface area is 145 Å². The Balaban J connectivity index is 1.88. The van der Waals surface area contributed by atoms with Crippen molar-refractivity contribution in [3.05, 3.63) is 51.9 Å². The SMILES string of the molecule is Cc1ccccc1Nc1ncc2c(N)c(C)c(=O)n(C3CCC3)c2n1. The van der Waals surface area contributed by atoms with E-state index in [4.69, 9.17) is 5.73 Å². The third-order valence-electron chi connectivity index (χ3n) is 5.06. The fourth-order valence-electron chi connectivity index (χ4n) is 3.22. The number of nitrogens with two attached hydrogens (primary N) is 1. The number of nitrogen functional groups attached to an aromatic ring is 1. The number of fused-ring (bicyclic) bond motifs is 1. The Morgan fingerprint density at radius 2 is 2.00 bits per heavy atom. The maximum Gasteiger partial charge on any atom is 0.257 e. The van der Waals surface area contributed by atoms with Crippen molar-refractivity contribution in [1.29, 1.82) is 0 Å². The molecule has 3 N–H and O–H groups in total. The minimum absolute atomic E-state index is 0.0461. The Hall–Kier alpha value is -2.89. The van der Waals surface area contributed by atoms with Gasteiger partial charge in [-0.15, -0.1) is 0 Å². The smallest absolute Gasteiger partial charge is 0.257 e. The summed E-state index contributed by atoms with van der Waals surface area (Å²) in [5, 5.41) is 3.98. The lowest BCUT2D eigenvalue weighted by atomic mass is 9.92. The third-order valence-corrected chi connectivity index (χ3v) is 5.06. The Bertz CT molecular complexity index is 1020. The number of benzene rings is 1. The van der Waals surface area contributed by atoms with Crippen LogP contribution in [-0.4, -0.2) is 14.5 Å². The lowest BCUT2D eigenvalue weighted by molar-refractivity contribution is 0.313. The Morgan fingerprint density at radius 1 is 1.24 bits per heavy atom. The first-order chi connectivity index (χ1) is 12.1. The molecule has 1 fully saturated rings. The zero-order valence-electron chi connectivity index (χ0n) is 14.4. The highest BCUT2D eigenvalue weighted by atomic mass is 16.1. The van der Waals surface area contributed by atoms with Gasteiger partial charge in [0.15, 0.2) is 5.65 Å². The van der Waals surface area contributed by atoms with Gasteiger partial charge in [0.05, 0.1) is 11.1 Å². The van der Waals surface area contributed by atoms with Crippen molar-refractivity contribution in [3.63, 3.8) is 0 Å². The van der Waals surface area contributed by atoms with Crippen molar-refractivity contribution in [3.8, 4) is 0 Å². The molecule has 0 saturated heterocycles. The second-order valence-corrected chi connectivity index (χ2v) is 6.67. The van der Waals surface area contributed by atoms with Gasteiger partial charge < -0.3 is 11.1 Å². The molecule has 0 bridgehead atoms. The number of aromatic nitrogens is 3. The van der Waals surface area contributed by atoms with Crippen molar-refractivity contribution < 1.29 is 0 Å². The topological polar surface area (TPSA) is 85.8 Å². The van der Waals surface area contributed by atoms with Crippen molar-refractivity contribution in [2.75, 3.05) is 11.1 Å². The van der Waals surface area contributed by atoms with Crippen LogP contribution in [0.1, 0.15) is 36.4 Å². The molecule has 1 saturated carbocycles. The highest BCUT2D eigenvalue weighted by molar-refractivity contribution is 5.89. The van der Waals surface area contributed by atoms with E-state index >= 15 is 0 Å². The van der Waals surface area contributed by atoms with Crippen molar-refractivity contribution in [2.45, 2.75) is 39.2 Å². The van der Waals surface area contributed by atoms with Crippen LogP contribution in [-0.2, 0) is 0 Å². The number of hydrogen-bond acceptors (Lipinski definition) is 5. The molecular formula is C19H21N5O. The average molecular weight is 335 g/mol. The van der Waals surface area contributed by atoms with Crippen LogP contribution in [0.3, 0.4) is 0 Å². The fourth-order valence-corrected chi connectivity index (χ4v) is 3.22. The van der Waals surface area contributed by atoms with Crippen LogP contribution in [0.15, 0.2) is 35.3 Å². The Morgan fingerprint density at radius 3 is 2.68 bits per heavy atom. The van der Waals surface area contributed by atoms with Crippen molar-refractivity contribution in [2.24, 2.45) is 0 Å². The number of para-hydroxylation sites is 1. The van der Waals surface area contributed by atoms with Crippen LogP contribution in [0.4, 0.5) is 17.3 Å². The van der Waals surface area contributed by atoms with E-state index in [0.717, 1.165) is 35.9 Å². The van der Waals surface area contributed by atoms with Gasteiger partial charge in [-0.1, -0.05) is 18.2 Å². The predicted octanol–water partition coefficient (Wildman–Crippen LogP) is 3.46. The maximum absolute atomic E-state index is 12.8. The molecule has 2 heterocycles. The molecule has 6 nitrogen and oxygen atoms in total. The zero-order chi connectivity index (χ0) is 17.6. The van der Waals surface area contributed by atoms with E-state index in [1.807, 2.05) is 31.2 Å². The first-order valence-corrected chi connectivity index (χ1v) is 8.56. The number of pyridine rings is 1. The van der Waals surface area contributed by atoms with Gasteiger partial charge in [0.2, 0.25) is 5.95 Å². The third kappa shape index (κ3) is 2.54. The molecule has 128 valence electrons. The number of aryl methyl sites for hydroxylation is 1. The molecule has 0 radical (unpaired) electrons. The van der Waals surface area contributed by atoms with Gasteiger partial charge in [-0.05, 0) is 44.7 Å². The molecule has 0 atom stereocenters. The first-order valence-electron chi connectivity index (χ1n) is 8.56. The standard InChI is InChI=1S/C19H21N5O/c1-11-6-3-4-9-15(11)22-19-21-10-14-16(20)12(2)18(25)24(17(14)23-19)13-7-5-8-13/h3-4,6,9-10,13H,5,7-8,20H2,1-2H3,(H,21,22,23). The molecular weight excluding hydrogens is 314 g/mol. The molecule has 0 spiro atoms. The van der Waals surface area contributed by atoms with Crippen molar-refractivity contribution in [1.82, 2.24) is 14.5 Å². The van der Waals surface area contributed by atoms with Gasteiger partial charge >= 0.3 is 0 Å². The molecule has 3 aromatic rings. The van der Waals surface area contributed by atoms with Crippen LogP contribution in [0.2, 0.25) is 0 Å². The van der Waals surface area contributed by atoms with E-state index < -0.39 is 0 Å². The summed E-state index contributed by atoms with van der Waals surface area (Å²) in [6, 6.07) is 8.15. The van der Waals surface area contributed by atoms with Gasteiger partial charge in [0.25, 0.3) is 5.56 Å². The monoisotopic (exact) mass is 335 g/mol. The fraction of sp³-hybridized carbons (Fsp3) is 0.316. The maximum atomic E-state index is 12.8. The molecule has 1 aliphatic carbocycles. The summed E-state index contributed by atoms with van der Waals surface area (Å²) >= 11 is 0. The van der Waals surface area contributed by atoms with E-state index in [2.05, 4.69) is 15.3 Å². The second kappa shape index (κ2) is 5.88. The number of nitrogens with one attached hydrogen (secondary N) is 1. The lowest BCUT2D eigenvalue weighted by Crippen LogP contribution is -2.32. The van der Waals surface area contributed by atoms with Gasteiger partial charge in [-0.2, -0.15) is 4.98 Å². The predicted molar refractivity (Wildman–Crippen MR) is 100 cm³/mol. The normalized spacial score (nSPS) is 14.5. The first kappa shape index (κ1) is 15.6. The average Bonchev–Trinajstić information content (AvgIpc) is 2.57. The molecule has 0 amide bonds. The minimum atomic E-state index is -0.0461. The van der Waals surface area contributed by atoms with Gasteiger partial charge in [-0.25, -0.2) is 4.98 Å². The summed E-state index contributed by atoms with van der Waals surface area (Å²) in [6.07, 6.45) is 4.85. The zero-order valence-corrected chi connectivity index (χ0v) is 14.4. The molecule has 1 aliphatic rings. The molecule has 0 aliphatic heterocycles. The molecule has 1 aromatic carbocycles. The van der Waals surface area contributed by atoms with E-state index in [0.29, 0.717) is 22.8 Å². The van der Waals surface area contributed by atoms with E-state index in [9.17, 15) is 4.79 Å². The molecule has 25 heavy (non-hydrogen) atoms. The number of nitrogens with zero attached hydrogens (tertiary/aromatic N) is 3. The minimum Gasteiger partial charge on any atom is -0.398 e. The van der Waals surface area contributed by atoms with Crippen LogP contribution >= 0.6 is 0 Å². The van der Waals surface area contributed by atoms with Gasteiger partial charge in [-0.3, -0.25) is 9.36 Å². The number of anilines is 3. The second-order valence-electron chi connectivity index (χ2n) is 6.67. The molecule has 4 rings (SSSR count). The number of rotatable bonds is 3. The summed E-state index contributed by atoms with van der Waals surface area (Å²) in [7, 11) is 0. The van der Waals surface area contributed by atoms with Crippen LogP contribution < -0.4 is 16.6 Å². The molecule has 2 aromatic heterocycles. The summed E-state index contributed by atoms with van der Waals surface area (Å²) in [4.78, 5) is 21.8.